The molecule has 4 nitrogen and oxygen atoms in total. The number of benzene rings is 1. The first-order valence-corrected chi connectivity index (χ1v) is 6.77. The fourth-order valence-corrected chi connectivity index (χ4v) is 2.47. The Morgan fingerprint density at radius 2 is 1.87 bits per heavy atom. The van der Waals surface area contributed by atoms with Crippen LogP contribution in [0.4, 0.5) is 13.2 Å². The Morgan fingerprint density at radius 1 is 1.17 bits per heavy atom. The maximum atomic E-state index is 12.6. The molecule has 2 aromatic heterocycles. The van der Waals surface area contributed by atoms with Crippen molar-refractivity contribution < 1.29 is 18.0 Å². The number of primary amides is 1. The molecule has 0 radical (unpaired) electrons. The van der Waals surface area contributed by atoms with Crippen molar-refractivity contribution in [2.24, 2.45) is 5.73 Å². The molecular formula is C16H12F3N3O. The van der Waals surface area contributed by atoms with Crippen molar-refractivity contribution in [3.8, 4) is 0 Å². The molecule has 0 saturated carbocycles. The minimum Gasteiger partial charge on any atom is -0.365 e. The Labute approximate surface area is 129 Å². The Hall–Kier alpha value is -2.83. The van der Waals surface area contributed by atoms with Crippen LogP contribution in [0.3, 0.4) is 0 Å². The maximum absolute atomic E-state index is 12.6. The first-order chi connectivity index (χ1) is 10.9. The van der Waals surface area contributed by atoms with Crippen LogP contribution >= 0.6 is 0 Å². The zero-order valence-corrected chi connectivity index (χ0v) is 11.8. The fraction of sp³-hybridized carbons (Fsp3) is 0.125. The quantitative estimate of drug-likeness (QED) is 0.806. The lowest BCUT2D eigenvalue weighted by Crippen LogP contribution is -2.11. The van der Waals surface area contributed by atoms with E-state index >= 15 is 0 Å². The molecule has 23 heavy (non-hydrogen) atoms. The third kappa shape index (κ3) is 2.90. The monoisotopic (exact) mass is 319 g/mol. The van der Waals surface area contributed by atoms with E-state index in [4.69, 9.17) is 5.73 Å². The van der Waals surface area contributed by atoms with E-state index in [2.05, 4.69) is 5.10 Å². The Morgan fingerprint density at radius 3 is 2.48 bits per heavy atom. The van der Waals surface area contributed by atoms with Crippen molar-refractivity contribution in [3.63, 3.8) is 0 Å². The molecule has 0 aliphatic rings. The van der Waals surface area contributed by atoms with Crippen LogP contribution in [0, 0.1) is 0 Å². The van der Waals surface area contributed by atoms with E-state index in [1.165, 1.54) is 22.8 Å². The van der Waals surface area contributed by atoms with E-state index in [1.54, 1.807) is 18.3 Å². The average Bonchev–Trinajstić information content (AvgIpc) is 2.92. The van der Waals surface area contributed by atoms with Gasteiger partial charge in [0.25, 0.3) is 5.91 Å². The predicted molar refractivity (Wildman–Crippen MR) is 78.0 cm³/mol. The molecule has 3 rings (SSSR count). The number of rotatable bonds is 3. The van der Waals surface area contributed by atoms with Crippen LogP contribution in [0.15, 0.2) is 48.8 Å². The van der Waals surface area contributed by atoms with Crippen molar-refractivity contribution in [1.82, 2.24) is 9.61 Å². The first kappa shape index (κ1) is 15.1. The number of pyridine rings is 1. The Bertz CT molecular complexity index is 866. The maximum Gasteiger partial charge on any atom is 0.416 e. The fourth-order valence-electron chi connectivity index (χ4n) is 2.47. The molecule has 2 heterocycles. The third-order valence-electron chi connectivity index (χ3n) is 3.57. The van der Waals surface area contributed by atoms with Gasteiger partial charge < -0.3 is 5.73 Å². The van der Waals surface area contributed by atoms with Crippen molar-refractivity contribution in [3.05, 3.63) is 71.0 Å². The summed E-state index contributed by atoms with van der Waals surface area (Å²) in [5, 5.41) is 4.06. The van der Waals surface area contributed by atoms with Gasteiger partial charge in [-0.25, -0.2) is 4.52 Å². The molecule has 3 aromatic rings. The van der Waals surface area contributed by atoms with E-state index in [0.717, 1.165) is 17.7 Å². The van der Waals surface area contributed by atoms with Crippen molar-refractivity contribution in [1.29, 1.82) is 0 Å². The molecule has 0 aliphatic carbocycles. The minimum atomic E-state index is -4.36. The van der Waals surface area contributed by atoms with Gasteiger partial charge in [-0.05, 0) is 35.7 Å². The standard InChI is InChI=1S/C16H12F3N3O/c17-16(18,19)12-5-3-10(4-6-12)8-11-2-1-7-22-14(11)13(9-21-22)15(20)23/h1-7,9H,8H2,(H2,20,23). The highest BCUT2D eigenvalue weighted by Crippen LogP contribution is 2.29. The van der Waals surface area contributed by atoms with E-state index in [9.17, 15) is 18.0 Å². The SMILES string of the molecule is NC(=O)c1cnn2cccc(Cc3ccc(C(F)(F)F)cc3)c12. The highest BCUT2D eigenvalue weighted by atomic mass is 19.4. The van der Waals surface area contributed by atoms with Crippen molar-refractivity contribution >= 4 is 11.4 Å². The zero-order valence-electron chi connectivity index (χ0n) is 11.8. The van der Waals surface area contributed by atoms with Gasteiger partial charge in [-0.2, -0.15) is 18.3 Å². The number of hydrogen-bond acceptors (Lipinski definition) is 2. The number of carbonyl (C=O) groups is 1. The summed E-state index contributed by atoms with van der Waals surface area (Å²) in [6.07, 6.45) is -0.927. The van der Waals surface area contributed by atoms with Crippen LogP contribution in [0.5, 0.6) is 0 Å². The van der Waals surface area contributed by atoms with Gasteiger partial charge in [0.1, 0.15) is 0 Å². The summed E-state index contributed by atoms with van der Waals surface area (Å²) >= 11 is 0. The molecule has 0 bridgehead atoms. The summed E-state index contributed by atoms with van der Waals surface area (Å²) in [7, 11) is 0. The van der Waals surface area contributed by atoms with Gasteiger partial charge in [0, 0.05) is 6.20 Å². The number of alkyl halides is 3. The number of aromatic nitrogens is 2. The Balaban J connectivity index is 1.98. The molecule has 0 unspecified atom stereocenters. The summed E-state index contributed by atoms with van der Waals surface area (Å²) in [4.78, 5) is 11.5. The second-order valence-electron chi connectivity index (χ2n) is 5.12. The molecule has 0 saturated heterocycles. The van der Waals surface area contributed by atoms with Crippen LogP contribution in [-0.2, 0) is 12.6 Å². The lowest BCUT2D eigenvalue weighted by Gasteiger charge is -2.09. The van der Waals surface area contributed by atoms with E-state index < -0.39 is 17.6 Å². The number of hydrogen-bond donors (Lipinski definition) is 1. The van der Waals surface area contributed by atoms with Crippen molar-refractivity contribution in [2.75, 3.05) is 0 Å². The van der Waals surface area contributed by atoms with Crippen LogP contribution in [0.1, 0.15) is 27.0 Å². The molecule has 0 fully saturated rings. The number of amides is 1. The van der Waals surface area contributed by atoms with Gasteiger partial charge in [-0.3, -0.25) is 4.79 Å². The lowest BCUT2D eigenvalue weighted by molar-refractivity contribution is -0.137. The molecule has 1 aromatic carbocycles. The largest absolute Gasteiger partial charge is 0.416 e. The number of fused-ring (bicyclic) bond motifs is 1. The first-order valence-electron chi connectivity index (χ1n) is 6.77. The van der Waals surface area contributed by atoms with Crippen LogP contribution in [-0.4, -0.2) is 15.5 Å². The normalized spacial score (nSPS) is 11.8. The lowest BCUT2D eigenvalue weighted by atomic mass is 10.0. The average molecular weight is 319 g/mol. The molecule has 2 N–H and O–H groups in total. The number of halogens is 3. The number of carbonyl (C=O) groups excluding carboxylic acids is 1. The summed E-state index contributed by atoms with van der Waals surface area (Å²) in [5.41, 5.74) is 6.96. The van der Waals surface area contributed by atoms with Gasteiger partial charge in [-0.1, -0.05) is 18.2 Å². The van der Waals surface area contributed by atoms with Gasteiger partial charge in [0.15, 0.2) is 0 Å². The summed E-state index contributed by atoms with van der Waals surface area (Å²) in [6, 6.07) is 8.48. The third-order valence-corrected chi connectivity index (χ3v) is 3.57. The molecular weight excluding hydrogens is 307 g/mol. The van der Waals surface area contributed by atoms with Crippen LogP contribution < -0.4 is 5.73 Å². The highest BCUT2D eigenvalue weighted by Gasteiger charge is 2.29. The van der Waals surface area contributed by atoms with E-state index in [-0.39, 0.29) is 5.56 Å². The topological polar surface area (TPSA) is 60.4 Å². The van der Waals surface area contributed by atoms with Crippen LogP contribution in [0.25, 0.3) is 5.52 Å². The molecule has 0 aliphatic heterocycles. The van der Waals surface area contributed by atoms with Gasteiger partial charge >= 0.3 is 6.18 Å². The number of nitrogens with zero attached hydrogens (tertiary/aromatic N) is 2. The Kier molecular flexibility index (Phi) is 3.55. The van der Waals surface area contributed by atoms with Gasteiger partial charge in [0.2, 0.25) is 0 Å². The second-order valence-corrected chi connectivity index (χ2v) is 5.12. The second kappa shape index (κ2) is 5.42. The van der Waals surface area contributed by atoms with E-state index in [0.29, 0.717) is 17.5 Å². The highest BCUT2D eigenvalue weighted by molar-refractivity contribution is 6.00. The molecule has 7 heteroatoms. The smallest absolute Gasteiger partial charge is 0.365 e. The van der Waals surface area contributed by atoms with Gasteiger partial charge in [-0.15, -0.1) is 0 Å². The number of nitrogens with two attached hydrogens (primary N) is 1. The van der Waals surface area contributed by atoms with E-state index in [1.807, 2.05) is 0 Å². The minimum absolute atomic E-state index is 0.285. The zero-order chi connectivity index (χ0) is 16.6. The molecule has 0 atom stereocenters. The summed E-state index contributed by atoms with van der Waals surface area (Å²) in [6.45, 7) is 0. The predicted octanol–water partition coefficient (Wildman–Crippen LogP) is 3.04. The molecule has 1 amide bonds. The van der Waals surface area contributed by atoms with Gasteiger partial charge in [0.05, 0.1) is 22.8 Å². The summed E-state index contributed by atoms with van der Waals surface area (Å²) < 4.78 is 39.3. The van der Waals surface area contributed by atoms with Crippen molar-refractivity contribution in [2.45, 2.75) is 12.6 Å². The van der Waals surface area contributed by atoms with Crippen LogP contribution in [0.2, 0.25) is 0 Å². The molecule has 0 spiro atoms. The molecule has 118 valence electrons. The summed E-state index contributed by atoms with van der Waals surface area (Å²) in [5.74, 6) is -0.597.